The summed E-state index contributed by atoms with van der Waals surface area (Å²) in [6.07, 6.45) is 2.55. The minimum atomic E-state index is -4.55. The fourth-order valence-electron chi connectivity index (χ4n) is 4.89. The van der Waals surface area contributed by atoms with E-state index < -0.39 is 35.6 Å². The molecule has 41 heavy (non-hydrogen) atoms. The summed E-state index contributed by atoms with van der Waals surface area (Å²) < 4.78 is 63.5. The third kappa shape index (κ3) is 7.51. The number of halogens is 3. The lowest BCUT2D eigenvalue weighted by molar-refractivity contribution is -0.153. The summed E-state index contributed by atoms with van der Waals surface area (Å²) >= 11 is 0. The molecule has 0 unspecified atom stereocenters. The SMILES string of the molecule is C=Cc1c(OCC(F)(F)F)ccnc1C[S@](=O)c1nc2ccccc2n1C(=O)N(CCOC(C)=O)C1CCCCC1. The van der Waals surface area contributed by atoms with Crippen LogP contribution in [-0.2, 0) is 26.1 Å². The maximum Gasteiger partial charge on any atom is 0.422 e. The average Bonchev–Trinajstić information content (AvgIpc) is 3.34. The molecule has 1 amide bonds. The lowest BCUT2D eigenvalue weighted by Crippen LogP contribution is -2.46. The van der Waals surface area contributed by atoms with E-state index in [9.17, 15) is 27.0 Å². The van der Waals surface area contributed by atoms with Gasteiger partial charge in [0.05, 0.1) is 39.8 Å². The van der Waals surface area contributed by atoms with E-state index in [2.05, 4.69) is 16.5 Å². The molecule has 0 aliphatic heterocycles. The molecule has 2 aromatic heterocycles. The van der Waals surface area contributed by atoms with Gasteiger partial charge in [-0.25, -0.2) is 14.3 Å². The molecule has 1 fully saturated rings. The molecule has 220 valence electrons. The van der Waals surface area contributed by atoms with Crippen molar-refractivity contribution in [2.75, 3.05) is 19.8 Å². The van der Waals surface area contributed by atoms with Crippen molar-refractivity contribution in [3.05, 3.63) is 54.4 Å². The standard InChI is InChI=1S/C28H31F3N4O5S/c1-3-21-23(32-14-13-25(21)40-18-28(29,30)31)17-41(38)26-33-22-11-7-8-12-24(22)35(26)27(37)34(15-16-39-19(2)36)20-9-5-4-6-10-20/h3,7-8,11-14,20H,1,4-6,9-10,15-18H2,2H3/t41-/m0/s1. The number of ether oxygens (including phenoxy) is 2. The number of alkyl halides is 3. The largest absolute Gasteiger partial charge is 0.483 e. The highest BCUT2D eigenvalue weighted by Crippen LogP contribution is 2.29. The van der Waals surface area contributed by atoms with Crippen LogP contribution in [0.1, 0.15) is 50.3 Å². The third-order valence-electron chi connectivity index (χ3n) is 6.72. The number of rotatable bonds is 10. The Morgan fingerprint density at radius 2 is 1.93 bits per heavy atom. The van der Waals surface area contributed by atoms with Crippen LogP contribution < -0.4 is 4.74 Å². The second kappa shape index (κ2) is 13.3. The minimum Gasteiger partial charge on any atom is -0.483 e. The summed E-state index contributed by atoms with van der Waals surface area (Å²) in [5, 5.41) is -0.0251. The number of pyridine rings is 1. The molecule has 0 spiro atoms. The Kier molecular flexibility index (Phi) is 9.79. The molecule has 1 aromatic carbocycles. The molecule has 1 aliphatic carbocycles. The normalized spacial score (nSPS) is 14.9. The summed E-state index contributed by atoms with van der Waals surface area (Å²) in [4.78, 5) is 35.9. The molecule has 0 radical (unpaired) electrons. The number of hydrogen-bond donors (Lipinski definition) is 0. The van der Waals surface area contributed by atoms with Gasteiger partial charge in [0.25, 0.3) is 0 Å². The lowest BCUT2D eigenvalue weighted by atomic mass is 9.94. The first-order chi connectivity index (χ1) is 19.6. The van der Waals surface area contributed by atoms with Gasteiger partial charge in [-0.3, -0.25) is 14.0 Å². The quantitative estimate of drug-likeness (QED) is 0.287. The molecule has 9 nitrogen and oxygen atoms in total. The Hall–Kier alpha value is -3.74. The van der Waals surface area contributed by atoms with Gasteiger partial charge in [0, 0.05) is 24.7 Å². The predicted molar refractivity (Wildman–Crippen MR) is 147 cm³/mol. The van der Waals surface area contributed by atoms with Crippen LogP contribution in [0.4, 0.5) is 18.0 Å². The molecule has 0 N–H and O–H groups in total. The number of hydrogen-bond acceptors (Lipinski definition) is 7. The van der Waals surface area contributed by atoms with Gasteiger partial charge in [0.1, 0.15) is 12.4 Å². The number of para-hydroxylation sites is 2. The van der Waals surface area contributed by atoms with E-state index in [0.717, 1.165) is 32.1 Å². The van der Waals surface area contributed by atoms with E-state index in [4.69, 9.17) is 9.47 Å². The van der Waals surface area contributed by atoms with Gasteiger partial charge in [0.2, 0.25) is 5.16 Å². The molecule has 0 bridgehead atoms. The summed E-state index contributed by atoms with van der Waals surface area (Å²) in [5.41, 5.74) is 1.26. The number of aromatic nitrogens is 3. The van der Waals surface area contributed by atoms with Crippen molar-refractivity contribution in [3.63, 3.8) is 0 Å². The second-order valence-electron chi connectivity index (χ2n) is 9.59. The van der Waals surface area contributed by atoms with Crippen molar-refractivity contribution >= 4 is 39.9 Å². The first-order valence-electron chi connectivity index (χ1n) is 13.2. The smallest absolute Gasteiger partial charge is 0.422 e. The van der Waals surface area contributed by atoms with E-state index in [1.54, 1.807) is 29.2 Å². The molecular weight excluding hydrogens is 561 g/mol. The lowest BCUT2D eigenvalue weighted by Gasteiger charge is -2.34. The fourth-order valence-corrected chi connectivity index (χ4v) is 6.08. The first kappa shape index (κ1) is 30.2. The van der Waals surface area contributed by atoms with Gasteiger partial charge in [-0.05, 0) is 31.0 Å². The van der Waals surface area contributed by atoms with Gasteiger partial charge in [-0.15, -0.1) is 0 Å². The Labute approximate surface area is 237 Å². The second-order valence-corrected chi connectivity index (χ2v) is 10.9. The molecule has 1 saturated carbocycles. The molecular formula is C28H31F3N4O5S. The number of esters is 1. The molecule has 13 heteroatoms. The molecule has 2 heterocycles. The number of nitrogens with zero attached hydrogens (tertiary/aromatic N) is 4. The Balaban J connectivity index is 1.69. The zero-order chi connectivity index (χ0) is 29.6. The number of imidazole rings is 1. The highest BCUT2D eigenvalue weighted by molar-refractivity contribution is 7.84. The van der Waals surface area contributed by atoms with Crippen LogP contribution in [0.25, 0.3) is 17.1 Å². The Morgan fingerprint density at radius 3 is 2.61 bits per heavy atom. The van der Waals surface area contributed by atoms with E-state index in [1.807, 2.05) is 0 Å². The van der Waals surface area contributed by atoms with Gasteiger partial charge in [0.15, 0.2) is 6.61 Å². The van der Waals surface area contributed by atoms with Crippen LogP contribution in [0, 0.1) is 0 Å². The summed E-state index contributed by atoms with van der Waals surface area (Å²) in [6.45, 7) is 3.62. The van der Waals surface area contributed by atoms with Gasteiger partial charge in [-0.1, -0.05) is 44.1 Å². The van der Waals surface area contributed by atoms with Crippen LogP contribution in [0.2, 0.25) is 0 Å². The number of benzene rings is 1. The van der Waals surface area contributed by atoms with Crippen molar-refractivity contribution < 1.29 is 36.4 Å². The molecule has 4 rings (SSSR count). The van der Waals surface area contributed by atoms with Crippen molar-refractivity contribution in [2.45, 2.75) is 62.2 Å². The van der Waals surface area contributed by atoms with E-state index in [1.165, 1.54) is 29.8 Å². The van der Waals surface area contributed by atoms with Crippen LogP contribution >= 0.6 is 0 Å². The molecule has 1 atom stereocenters. The van der Waals surface area contributed by atoms with Gasteiger partial charge >= 0.3 is 18.2 Å². The highest BCUT2D eigenvalue weighted by Gasteiger charge is 2.32. The maximum absolute atomic E-state index is 14.1. The zero-order valence-electron chi connectivity index (χ0n) is 22.6. The maximum atomic E-state index is 14.1. The molecule has 0 saturated heterocycles. The topological polar surface area (TPSA) is 104 Å². The summed E-state index contributed by atoms with van der Waals surface area (Å²) in [6, 6.07) is 7.62. The van der Waals surface area contributed by atoms with E-state index in [0.29, 0.717) is 11.0 Å². The number of amides is 1. The minimum absolute atomic E-state index is 0.0138. The number of carbonyl (C=O) groups is 2. The fraction of sp³-hybridized carbons (Fsp3) is 0.429. The van der Waals surface area contributed by atoms with Crippen molar-refractivity contribution in [3.8, 4) is 5.75 Å². The average molecular weight is 593 g/mol. The molecule has 3 aromatic rings. The van der Waals surface area contributed by atoms with Crippen LogP contribution in [0.15, 0.2) is 48.3 Å². The van der Waals surface area contributed by atoms with Crippen LogP contribution in [-0.4, -0.2) is 67.6 Å². The van der Waals surface area contributed by atoms with Gasteiger partial charge in [-0.2, -0.15) is 13.2 Å². The van der Waals surface area contributed by atoms with Crippen molar-refractivity contribution in [2.24, 2.45) is 0 Å². The zero-order valence-corrected chi connectivity index (χ0v) is 23.4. The molecule has 1 aliphatic rings. The van der Waals surface area contributed by atoms with Gasteiger partial charge < -0.3 is 14.4 Å². The third-order valence-corrected chi connectivity index (χ3v) is 7.94. The summed E-state index contributed by atoms with van der Waals surface area (Å²) in [5.74, 6) is -0.807. The van der Waals surface area contributed by atoms with Crippen molar-refractivity contribution in [1.82, 2.24) is 19.4 Å². The summed E-state index contributed by atoms with van der Waals surface area (Å²) in [7, 11) is -1.94. The highest BCUT2D eigenvalue weighted by atomic mass is 32.2. The number of carbonyl (C=O) groups excluding carboxylic acids is 2. The Bertz CT molecular complexity index is 1440. The van der Waals surface area contributed by atoms with Crippen molar-refractivity contribution in [1.29, 1.82) is 0 Å². The van der Waals surface area contributed by atoms with Crippen LogP contribution in [0.5, 0.6) is 5.75 Å². The van der Waals surface area contributed by atoms with E-state index >= 15 is 0 Å². The van der Waals surface area contributed by atoms with Crippen LogP contribution in [0.3, 0.4) is 0 Å². The monoisotopic (exact) mass is 592 g/mol. The predicted octanol–water partition coefficient (Wildman–Crippen LogP) is 5.49. The Morgan fingerprint density at radius 1 is 1.20 bits per heavy atom. The number of fused-ring (bicyclic) bond motifs is 1. The first-order valence-corrected chi connectivity index (χ1v) is 14.5. The van der Waals surface area contributed by atoms with E-state index in [-0.39, 0.29) is 47.1 Å².